The van der Waals surface area contributed by atoms with Gasteiger partial charge in [0.2, 0.25) is 5.91 Å². The minimum atomic E-state index is 0.167. The minimum Gasteiger partial charge on any atom is -0.342 e. The number of nitrogens with zero attached hydrogens (tertiary/aromatic N) is 4. The van der Waals surface area contributed by atoms with Crippen LogP contribution in [-0.4, -0.2) is 57.9 Å². The zero-order valence-electron chi connectivity index (χ0n) is 15.3. The van der Waals surface area contributed by atoms with Gasteiger partial charge in [0.05, 0.1) is 12.1 Å². The zero-order chi connectivity index (χ0) is 18.0. The quantitative estimate of drug-likeness (QED) is 0.853. The highest BCUT2D eigenvalue weighted by molar-refractivity contribution is 5.78. The lowest BCUT2D eigenvalue weighted by molar-refractivity contribution is -0.132. The first-order chi connectivity index (χ1) is 12.7. The largest absolute Gasteiger partial charge is 0.342 e. The normalized spacial score (nSPS) is 22.7. The van der Waals surface area contributed by atoms with Crippen LogP contribution in [-0.2, 0) is 11.2 Å². The van der Waals surface area contributed by atoms with Crippen LogP contribution in [0, 0.1) is 0 Å². The van der Waals surface area contributed by atoms with E-state index in [1.54, 1.807) is 18.6 Å². The van der Waals surface area contributed by atoms with Gasteiger partial charge in [0.1, 0.15) is 0 Å². The van der Waals surface area contributed by atoms with Crippen molar-refractivity contribution in [3.63, 3.8) is 0 Å². The molecule has 0 radical (unpaired) electrons. The van der Waals surface area contributed by atoms with Crippen LogP contribution in [0.15, 0.2) is 48.9 Å². The van der Waals surface area contributed by atoms with E-state index in [9.17, 15) is 4.79 Å². The Labute approximate surface area is 155 Å². The fourth-order valence-corrected chi connectivity index (χ4v) is 4.60. The first kappa shape index (κ1) is 17.2. The van der Waals surface area contributed by atoms with Crippen molar-refractivity contribution in [3.8, 4) is 0 Å². The highest BCUT2D eigenvalue weighted by Crippen LogP contribution is 2.43. The molecule has 1 amide bonds. The molecule has 1 spiro atoms. The molecule has 4 rings (SSSR count). The van der Waals surface area contributed by atoms with Crippen LogP contribution in [0.5, 0.6) is 0 Å². The molecule has 1 aromatic carbocycles. The van der Waals surface area contributed by atoms with Crippen LogP contribution in [0.2, 0.25) is 0 Å². The number of likely N-dealkylation sites (tertiary alicyclic amines) is 2. The van der Waals surface area contributed by atoms with Crippen molar-refractivity contribution >= 4 is 5.91 Å². The molecule has 5 heteroatoms. The standard InChI is InChI=1S/C21H26N4O/c1-24-16-18(17-5-3-2-4-6-17)14-21(24)7-11-25(12-8-21)20(26)13-19-15-22-9-10-23-19/h2-6,9-10,15,18H,7-8,11-14,16H2,1H3/t18-/m0/s1. The summed E-state index contributed by atoms with van der Waals surface area (Å²) >= 11 is 0. The van der Waals surface area contributed by atoms with E-state index in [2.05, 4.69) is 52.2 Å². The fourth-order valence-electron chi connectivity index (χ4n) is 4.60. The van der Waals surface area contributed by atoms with Crippen molar-refractivity contribution in [2.45, 2.75) is 37.1 Å². The summed E-state index contributed by atoms with van der Waals surface area (Å²) in [6.07, 6.45) is 8.61. The Balaban J connectivity index is 1.37. The first-order valence-corrected chi connectivity index (χ1v) is 9.45. The van der Waals surface area contributed by atoms with E-state index in [-0.39, 0.29) is 11.4 Å². The molecule has 0 bridgehead atoms. The minimum absolute atomic E-state index is 0.167. The average molecular weight is 350 g/mol. The SMILES string of the molecule is CN1C[C@@H](c2ccccc2)CC12CCN(C(=O)Cc1cnccn1)CC2. The molecule has 2 aliphatic heterocycles. The highest BCUT2D eigenvalue weighted by atomic mass is 16.2. The molecule has 0 aliphatic carbocycles. The number of carbonyl (C=O) groups is 1. The summed E-state index contributed by atoms with van der Waals surface area (Å²) in [7, 11) is 2.25. The zero-order valence-corrected chi connectivity index (χ0v) is 15.3. The maximum atomic E-state index is 12.6. The predicted molar refractivity (Wildman–Crippen MR) is 101 cm³/mol. The number of benzene rings is 1. The molecule has 3 heterocycles. The molecule has 1 aromatic heterocycles. The van der Waals surface area contributed by atoms with E-state index < -0.39 is 0 Å². The van der Waals surface area contributed by atoms with Gasteiger partial charge in [-0.15, -0.1) is 0 Å². The van der Waals surface area contributed by atoms with Crippen LogP contribution in [0.25, 0.3) is 0 Å². The second kappa shape index (κ2) is 7.16. The predicted octanol–water partition coefficient (Wildman–Crippen LogP) is 2.50. The van der Waals surface area contributed by atoms with Gasteiger partial charge in [0.15, 0.2) is 0 Å². The van der Waals surface area contributed by atoms with Crippen LogP contribution in [0.3, 0.4) is 0 Å². The summed E-state index contributed by atoms with van der Waals surface area (Å²) in [6.45, 7) is 2.79. The number of rotatable bonds is 3. The number of likely N-dealkylation sites (N-methyl/N-ethyl adjacent to an activating group) is 1. The summed E-state index contributed by atoms with van der Waals surface area (Å²) in [4.78, 5) is 25.4. The summed E-state index contributed by atoms with van der Waals surface area (Å²) in [5.41, 5.74) is 2.43. The monoisotopic (exact) mass is 350 g/mol. The Bertz CT molecular complexity index is 741. The van der Waals surface area contributed by atoms with E-state index in [1.165, 1.54) is 12.0 Å². The van der Waals surface area contributed by atoms with Gasteiger partial charge in [-0.1, -0.05) is 30.3 Å². The van der Waals surface area contributed by atoms with Crippen LogP contribution < -0.4 is 0 Å². The summed E-state index contributed by atoms with van der Waals surface area (Å²) in [5.74, 6) is 0.767. The third-order valence-corrected chi connectivity index (χ3v) is 6.20. The van der Waals surface area contributed by atoms with Crippen LogP contribution >= 0.6 is 0 Å². The molecule has 136 valence electrons. The van der Waals surface area contributed by atoms with Crippen molar-refractivity contribution in [1.82, 2.24) is 19.8 Å². The molecule has 2 fully saturated rings. The smallest absolute Gasteiger partial charge is 0.228 e. The molecule has 2 aromatic rings. The number of carbonyl (C=O) groups excluding carboxylic acids is 1. The number of hydrogen-bond donors (Lipinski definition) is 0. The third-order valence-electron chi connectivity index (χ3n) is 6.20. The van der Waals surface area contributed by atoms with E-state index >= 15 is 0 Å². The summed E-state index contributed by atoms with van der Waals surface area (Å²) in [5, 5.41) is 0. The van der Waals surface area contributed by atoms with Crippen molar-refractivity contribution in [2.75, 3.05) is 26.7 Å². The Hall–Kier alpha value is -2.27. The Morgan fingerprint density at radius 2 is 1.96 bits per heavy atom. The van der Waals surface area contributed by atoms with Gasteiger partial charge >= 0.3 is 0 Å². The second-order valence-corrected chi connectivity index (χ2v) is 7.67. The molecule has 0 N–H and O–H groups in total. The fraction of sp³-hybridized carbons (Fsp3) is 0.476. The average Bonchev–Trinajstić information content (AvgIpc) is 3.00. The van der Waals surface area contributed by atoms with Crippen molar-refractivity contribution in [2.24, 2.45) is 0 Å². The summed E-state index contributed by atoms with van der Waals surface area (Å²) < 4.78 is 0. The van der Waals surface area contributed by atoms with Gasteiger partial charge in [0, 0.05) is 43.8 Å². The van der Waals surface area contributed by atoms with Gasteiger partial charge in [-0.2, -0.15) is 0 Å². The number of aromatic nitrogens is 2. The highest BCUT2D eigenvalue weighted by Gasteiger charge is 2.46. The molecule has 5 nitrogen and oxygen atoms in total. The topological polar surface area (TPSA) is 49.3 Å². The van der Waals surface area contributed by atoms with E-state index in [4.69, 9.17) is 0 Å². The third kappa shape index (κ3) is 3.36. The summed E-state index contributed by atoms with van der Waals surface area (Å²) in [6, 6.07) is 10.8. The van der Waals surface area contributed by atoms with Gasteiger partial charge in [0.25, 0.3) is 0 Å². The van der Waals surface area contributed by atoms with Crippen molar-refractivity contribution in [1.29, 1.82) is 0 Å². The van der Waals surface area contributed by atoms with E-state index in [0.29, 0.717) is 12.3 Å². The van der Waals surface area contributed by atoms with E-state index in [1.807, 2.05) is 4.90 Å². The Morgan fingerprint density at radius 1 is 1.19 bits per heavy atom. The number of amides is 1. The van der Waals surface area contributed by atoms with Crippen molar-refractivity contribution in [3.05, 3.63) is 60.2 Å². The second-order valence-electron chi connectivity index (χ2n) is 7.67. The van der Waals surface area contributed by atoms with Crippen molar-refractivity contribution < 1.29 is 4.79 Å². The molecule has 2 saturated heterocycles. The lowest BCUT2D eigenvalue weighted by Gasteiger charge is -2.43. The lowest BCUT2D eigenvalue weighted by atomic mass is 9.81. The number of hydrogen-bond acceptors (Lipinski definition) is 4. The first-order valence-electron chi connectivity index (χ1n) is 9.45. The molecule has 26 heavy (non-hydrogen) atoms. The molecule has 0 saturated carbocycles. The number of piperidine rings is 1. The maximum Gasteiger partial charge on any atom is 0.228 e. The lowest BCUT2D eigenvalue weighted by Crippen LogP contribution is -2.52. The van der Waals surface area contributed by atoms with E-state index in [0.717, 1.165) is 38.2 Å². The molecule has 0 unspecified atom stereocenters. The molecular weight excluding hydrogens is 324 g/mol. The molecule has 2 aliphatic rings. The Kier molecular flexibility index (Phi) is 4.72. The molecule has 1 atom stereocenters. The maximum absolute atomic E-state index is 12.6. The Morgan fingerprint density at radius 3 is 2.65 bits per heavy atom. The van der Waals surface area contributed by atoms with Gasteiger partial charge in [-0.3, -0.25) is 19.7 Å². The molecular formula is C21H26N4O. The van der Waals surface area contributed by atoms with Crippen LogP contribution in [0.4, 0.5) is 0 Å². The van der Waals surface area contributed by atoms with Crippen LogP contribution in [0.1, 0.15) is 36.4 Å². The van der Waals surface area contributed by atoms with Gasteiger partial charge in [-0.25, -0.2) is 0 Å². The van der Waals surface area contributed by atoms with Gasteiger partial charge in [-0.05, 0) is 37.8 Å². The van der Waals surface area contributed by atoms with Gasteiger partial charge < -0.3 is 4.90 Å².